The Labute approximate surface area is 158 Å². The molecule has 0 fully saturated rings. The Morgan fingerprint density at radius 2 is 1.88 bits per heavy atom. The van der Waals surface area contributed by atoms with E-state index in [0.29, 0.717) is 20.6 Å². The van der Waals surface area contributed by atoms with E-state index < -0.39 is 0 Å². The maximum absolute atomic E-state index is 12.5. The van der Waals surface area contributed by atoms with Crippen LogP contribution < -0.4 is 9.47 Å². The van der Waals surface area contributed by atoms with Crippen LogP contribution in [0, 0.1) is 5.21 Å². The highest BCUT2D eigenvalue weighted by molar-refractivity contribution is 8.01. The average Bonchev–Trinajstić information content (AvgIpc) is 3.01. The lowest BCUT2D eigenvalue weighted by molar-refractivity contribution is -0.626. The zero-order valence-corrected chi connectivity index (χ0v) is 15.7. The molecule has 3 aromatic rings. The average molecular weight is 392 g/mol. The second-order valence-corrected chi connectivity index (χ2v) is 7.65. The third-order valence-electron chi connectivity index (χ3n) is 3.53. The summed E-state index contributed by atoms with van der Waals surface area (Å²) in [6.45, 7) is 0. The molecule has 1 heterocycles. The van der Waals surface area contributed by atoms with Crippen LogP contribution in [0.4, 0.5) is 0 Å². The van der Waals surface area contributed by atoms with Crippen molar-refractivity contribution in [2.24, 2.45) is 0 Å². The number of halogens is 1. The van der Waals surface area contributed by atoms with Crippen LogP contribution in [0.15, 0.2) is 58.3 Å². The smallest absolute Gasteiger partial charge is 0.309 e. The number of ether oxygens (including phenoxy) is 1. The number of carbonyl (C=O) groups excluding carboxylic acids is 1. The molecule has 0 saturated carbocycles. The number of ketones is 1. The van der Waals surface area contributed by atoms with E-state index >= 15 is 0 Å². The first-order chi connectivity index (χ1) is 12.1. The number of thioether (sulfide) groups is 1. The molecule has 3 rings (SSSR count). The Balaban J connectivity index is 1.70. The summed E-state index contributed by atoms with van der Waals surface area (Å²) in [6.07, 6.45) is 0. The topological polar surface area (TPSA) is 53.2 Å². The van der Waals surface area contributed by atoms with Crippen LogP contribution >= 0.6 is 34.7 Å². The number of Topliss-reactive ketones (excluding diaryl/α,β-unsaturated/α-hetero) is 1. The Morgan fingerprint density at radius 1 is 1.20 bits per heavy atom. The molecule has 2 aromatic carbocycles. The number of hydrogen-bond donors (Lipinski definition) is 0. The molecular formula is C18H14ClNO3S2. The number of benzene rings is 2. The molecule has 25 heavy (non-hydrogen) atoms. The molecule has 0 saturated heterocycles. The summed E-state index contributed by atoms with van der Waals surface area (Å²) in [5.41, 5.74) is 1.96. The van der Waals surface area contributed by atoms with Gasteiger partial charge in [-0.1, -0.05) is 22.9 Å². The summed E-state index contributed by atoms with van der Waals surface area (Å²) >= 11 is 8.39. The van der Waals surface area contributed by atoms with Crippen molar-refractivity contribution in [2.45, 2.75) is 4.34 Å². The number of hydrogen-bond acceptors (Lipinski definition) is 5. The molecule has 1 aromatic heterocycles. The van der Waals surface area contributed by atoms with Crippen molar-refractivity contribution < 1.29 is 14.3 Å². The number of thiazole rings is 1. The fourth-order valence-corrected chi connectivity index (χ4v) is 4.18. The van der Waals surface area contributed by atoms with E-state index in [-0.39, 0.29) is 11.5 Å². The molecule has 0 atom stereocenters. The summed E-state index contributed by atoms with van der Waals surface area (Å²) < 4.78 is 6.53. The highest BCUT2D eigenvalue weighted by Gasteiger charge is 2.19. The van der Waals surface area contributed by atoms with Crippen LogP contribution in [-0.2, 0) is 0 Å². The maximum atomic E-state index is 12.5. The lowest BCUT2D eigenvalue weighted by Crippen LogP contribution is -2.28. The first kappa shape index (κ1) is 17.8. The summed E-state index contributed by atoms with van der Waals surface area (Å²) in [5, 5.41) is 14.8. The monoisotopic (exact) mass is 391 g/mol. The molecule has 7 heteroatoms. The molecule has 0 aliphatic rings. The Hall–Kier alpha value is -2.02. The van der Waals surface area contributed by atoms with Gasteiger partial charge in [-0.3, -0.25) is 4.79 Å². The van der Waals surface area contributed by atoms with Gasteiger partial charge in [-0.05, 0) is 60.3 Å². The van der Waals surface area contributed by atoms with Gasteiger partial charge in [0.25, 0.3) is 0 Å². The molecule has 0 aliphatic carbocycles. The number of carbonyl (C=O) groups is 1. The molecule has 0 aliphatic heterocycles. The minimum Gasteiger partial charge on any atom is -0.617 e. The zero-order chi connectivity index (χ0) is 17.8. The zero-order valence-electron chi connectivity index (χ0n) is 13.3. The largest absolute Gasteiger partial charge is 0.617 e. The van der Waals surface area contributed by atoms with Gasteiger partial charge in [-0.2, -0.15) is 0 Å². The van der Waals surface area contributed by atoms with E-state index in [0.717, 1.165) is 16.0 Å². The highest BCUT2D eigenvalue weighted by atomic mass is 35.5. The van der Waals surface area contributed by atoms with Crippen molar-refractivity contribution in [2.75, 3.05) is 12.9 Å². The lowest BCUT2D eigenvalue weighted by Gasteiger charge is -2.03. The molecule has 0 amide bonds. The molecule has 128 valence electrons. The standard InChI is InChI=1S/C18H14ClNO3S2/c1-23-15-8-4-12(5-9-15)16-10-24-18(20(16)22)25-11-17(21)13-2-6-14(19)7-3-13/h2-10H,11H2,1H3. The Kier molecular flexibility index (Phi) is 5.63. The van der Waals surface area contributed by atoms with Crippen molar-refractivity contribution in [3.8, 4) is 17.0 Å². The van der Waals surface area contributed by atoms with E-state index in [9.17, 15) is 10.0 Å². The second-order valence-electron chi connectivity index (χ2n) is 5.13. The minimum atomic E-state index is -0.0407. The van der Waals surface area contributed by atoms with Crippen molar-refractivity contribution in [1.29, 1.82) is 0 Å². The highest BCUT2D eigenvalue weighted by Crippen LogP contribution is 2.28. The molecule has 0 spiro atoms. The van der Waals surface area contributed by atoms with Crippen LogP contribution in [0.5, 0.6) is 5.75 Å². The van der Waals surface area contributed by atoms with Gasteiger partial charge in [-0.25, -0.2) is 0 Å². The van der Waals surface area contributed by atoms with Gasteiger partial charge in [0.05, 0.1) is 18.2 Å². The molecule has 4 nitrogen and oxygen atoms in total. The predicted octanol–water partition coefficient (Wildman–Crippen LogP) is 4.69. The first-order valence-corrected chi connectivity index (χ1v) is 9.60. The number of nitrogens with zero attached hydrogens (tertiary/aromatic N) is 1. The van der Waals surface area contributed by atoms with E-state index in [1.54, 1.807) is 36.8 Å². The number of rotatable bonds is 6. The Morgan fingerprint density at radius 3 is 2.52 bits per heavy atom. The van der Waals surface area contributed by atoms with Crippen LogP contribution in [-0.4, -0.2) is 18.6 Å². The maximum Gasteiger partial charge on any atom is 0.309 e. The molecular weight excluding hydrogens is 378 g/mol. The normalized spacial score (nSPS) is 10.6. The second kappa shape index (κ2) is 7.91. The summed E-state index contributed by atoms with van der Waals surface area (Å²) in [4.78, 5) is 12.2. The van der Waals surface area contributed by atoms with Crippen LogP contribution in [0.2, 0.25) is 5.02 Å². The fraction of sp³-hybridized carbons (Fsp3) is 0.111. The van der Waals surface area contributed by atoms with Crippen LogP contribution in [0.3, 0.4) is 0 Å². The van der Waals surface area contributed by atoms with E-state index in [1.165, 1.54) is 23.1 Å². The van der Waals surface area contributed by atoms with E-state index in [4.69, 9.17) is 16.3 Å². The molecule has 0 radical (unpaired) electrons. The van der Waals surface area contributed by atoms with Gasteiger partial charge in [0, 0.05) is 16.1 Å². The van der Waals surface area contributed by atoms with Crippen LogP contribution in [0.1, 0.15) is 10.4 Å². The van der Waals surface area contributed by atoms with Gasteiger partial charge < -0.3 is 9.94 Å². The summed E-state index contributed by atoms with van der Waals surface area (Å²) in [5.74, 6) is 0.896. The number of methoxy groups -OCH3 is 1. The van der Waals surface area contributed by atoms with Gasteiger partial charge in [0.2, 0.25) is 5.69 Å². The predicted molar refractivity (Wildman–Crippen MR) is 102 cm³/mol. The van der Waals surface area contributed by atoms with Crippen molar-refractivity contribution in [3.63, 3.8) is 0 Å². The van der Waals surface area contributed by atoms with Crippen LogP contribution in [0.25, 0.3) is 11.3 Å². The van der Waals surface area contributed by atoms with E-state index in [2.05, 4.69) is 0 Å². The van der Waals surface area contributed by atoms with Gasteiger partial charge in [0.15, 0.2) is 5.78 Å². The quantitative estimate of drug-likeness (QED) is 0.265. The number of aromatic nitrogens is 1. The lowest BCUT2D eigenvalue weighted by atomic mass is 10.1. The summed E-state index contributed by atoms with van der Waals surface area (Å²) in [6, 6.07) is 14.0. The third kappa shape index (κ3) is 4.15. The fourth-order valence-electron chi connectivity index (χ4n) is 2.19. The molecule has 0 N–H and O–H groups in total. The minimum absolute atomic E-state index is 0.0407. The van der Waals surface area contributed by atoms with Crippen molar-refractivity contribution >= 4 is 40.5 Å². The van der Waals surface area contributed by atoms with Gasteiger partial charge >= 0.3 is 4.34 Å². The van der Waals surface area contributed by atoms with Crippen molar-refractivity contribution in [1.82, 2.24) is 0 Å². The third-order valence-corrected chi connectivity index (χ3v) is 5.96. The molecule has 0 unspecified atom stereocenters. The Bertz CT molecular complexity index is 876. The van der Waals surface area contributed by atoms with Gasteiger partial charge in [-0.15, -0.1) is 4.73 Å². The van der Waals surface area contributed by atoms with Gasteiger partial charge in [0.1, 0.15) is 5.75 Å². The molecule has 0 bridgehead atoms. The van der Waals surface area contributed by atoms with E-state index in [1.807, 2.05) is 24.3 Å². The summed E-state index contributed by atoms with van der Waals surface area (Å²) in [7, 11) is 1.60. The SMILES string of the molecule is COc1ccc(-c2csc(SCC(=O)c3ccc(Cl)cc3)[n+]2[O-])cc1. The first-order valence-electron chi connectivity index (χ1n) is 7.35. The van der Waals surface area contributed by atoms with Crippen molar-refractivity contribution in [3.05, 3.63) is 69.7 Å².